The van der Waals surface area contributed by atoms with E-state index < -0.39 is 11.7 Å². The quantitative estimate of drug-likeness (QED) is 0.456. The molecule has 0 spiro atoms. The van der Waals surface area contributed by atoms with Gasteiger partial charge in [-0.05, 0) is 62.4 Å². The van der Waals surface area contributed by atoms with E-state index in [4.69, 9.17) is 0 Å². The Morgan fingerprint density at radius 3 is 2.50 bits per heavy atom. The largest absolute Gasteiger partial charge is 1.00 e. The van der Waals surface area contributed by atoms with E-state index in [1.54, 1.807) is 16.7 Å². The molecule has 4 rings (SSSR count). The molecule has 0 amide bonds. The molecule has 0 unspecified atom stereocenters. The van der Waals surface area contributed by atoms with Gasteiger partial charge in [0.25, 0.3) is 5.82 Å². The third-order valence-corrected chi connectivity index (χ3v) is 5.92. The van der Waals surface area contributed by atoms with Crippen LogP contribution in [0.1, 0.15) is 52.1 Å². The van der Waals surface area contributed by atoms with Crippen LogP contribution in [0.4, 0.5) is 13.2 Å². The molecule has 0 aliphatic carbocycles. The molecule has 0 radical (unpaired) electrons. The lowest BCUT2D eigenvalue weighted by Crippen LogP contribution is -3.00. The highest BCUT2D eigenvalue weighted by Gasteiger charge is 2.34. The SMILES string of the molecule is Cc1ccc(C(=O)Cn2c3[n+](c4ccc(C(F)(F)F)cc42)CCCCC3)cc1C.[Cl-]. The molecule has 0 bridgehead atoms. The van der Waals surface area contributed by atoms with Gasteiger partial charge in [-0.25, -0.2) is 9.13 Å². The van der Waals surface area contributed by atoms with Gasteiger partial charge in [0, 0.05) is 18.1 Å². The van der Waals surface area contributed by atoms with Gasteiger partial charge in [0.15, 0.2) is 17.6 Å². The smallest absolute Gasteiger partial charge is 0.416 e. The highest BCUT2D eigenvalue weighted by molar-refractivity contribution is 5.96. The number of fused-ring (bicyclic) bond motifs is 3. The number of benzene rings is 2. The Kier molecular flexibility index (Phi) is 6.27. The van der Waals surface area contributed by atoms with Crippen LogP contribution in [0.5, 0.6) is 0 Å². The zero-order chi connectivity index (χ0) is 20.8. The number of alkyl halides is 3. The molecular formula is C23H24ClF3N2O. The second kappa shape index (κ2) is 8.42. The van der Waals surface area contributed by atoms with Crippen molar-refractivity contribution >= 4 is 16.8 Å². The number of halogens is 4. The highest BCUT2D eigenvalue weighted by Crippen LogP contribution is 2.32. The Morgan fingerprint density at radius 2 is 1.80 bits per heavy atom. The molecule has 0 atom stereocenters. The first-order valence-corrected chi connectivity index (χ1v) is 9.98. The summed E-state index contributed by atoms with van der Waals surface area (Å²) in [4.78, 5) is 13.0. The van der Waals surface area contributed by atoms with Gasteiger partial charge in [-0.3, -0.25) is 4.79 Å². The summed E-state index contributed by atoms with van der Waals surface area (Å²) in [6.07, 6.45) is -0.613. The summed E-state index contributed by atoms with van der Waals surface area (Å²) >= 11 is 0. The maximum absolute atomic E-state index is 13.3. The van der Waals surface area contributed by atoms with Crippen molar-refractivity contribution in [3.63, 3.8) is 0 Å². The van der Waals surface area contributed by atoms with Crippen LogP contribution in [0.15, 0.2) is 36.4 Å². The van der Waals surface area contributed by atoms with Crippen molar-refractivity contribution in [2.75, 3.05) is 0 Å². The number of aromatic nitrogens is 2. The molecule has 3 nitrogen and oxygen atoms in total. The second-order valence-electron chi connectivity index (χ2n) is 7.89. The molecule has 2 aromatic carbocycles. The Bertz CT molecular complexity index is 1100. The van der Waals surface area contributed by atoms with Gasteiger partial charge in [-0.2, -0.15) is 13.2 Å². The van der Waals surface area contributed by atoms with Crippen LogP contribution in [0.2, 0.25) is 0 Å². The molecular weight excluding hydrogens is 413 g/mol. The lowest BCUT2D eigenvalue weighted by molar-refractivity contribution is -0.678. The Morgan fingerprint density at radius 1 is 1.03 bits per heavy atom. The second-order valence-corrected chi connectivity index (χ2v) is 7.89. The fourth-order valence-electron chi connectivity index (χ4n) is 4.14. The molecule has 0 saturated carbocycles. The number of rotatable bonds is 3. The van der Waals surface area contributed by atoms with Gasteiger partial charge in [0.05, 0.1) is 12.1 Å². The van der Waals surface area contributed by atoms with E-state index in [0.717, 1.165) is 60.8 Å². The molecule has 0 fully saturated rings. The number of nitrogens with zero attached hydrogens (tertiary/aromatic N) is 2. The van der Waals surface area contributed by atoms with Gasteiger partial charge >= 0.3 is 6.18 Å². The lowest BCUT2D eigenvalue weighted by Gasteiger charge is -2.07. The molecule has 1 aliphatic heterocycles. The van der Waals surface area contributed by atoms with Crippen LogP contribution >= 0.6 is 0 Å². The first-order chi connectivity index (χ1) is 13.8. The van der Waals surface area contributed by atoms with Crippen molar-refractivity contribution in [2.45, 2.75) is 58.8 Å². The minimum absolute atomic E-state index is 0. The van der Waals surface area contributed by atoms with Gasteiger partial charge < -0.3 is 12.4 Å². The standard InChI is InChI=1S/C23H24F3N2O.ClH/c1-15-7-8-17(12-16(15)2)21(29)14-28-20-13-18(23(24,25)26)9-10-19(20)27-11-5-3-4-6-22(27)28;/h7-10,12-13H,3-6,11,14H2,1-2H3;1H/q+1;/p-1. The summed E-state index contributed by atoms with van der Waals surface area (Å²) in [5.74, 6) is 0.851. The predicted molar refractivity (Wildman–Crippen MR) is 105 cm³/mol. The van der Waals surface area contributed by atoms with Crippen LogP contribution in [-0.2, 0) is 25.7 Å². The first kappa shape index (κ1) is 22.3. The minimum atomic E-state index is -4.41. The highest BCUT2D eigenvalue weighted by atomic mass is 35.5. The lowest BCUT2D eigenvalue weighted by atomic mass is 10.0. The number of aryl methyl sites for hydroxylation is 3. The zero-order valence-electron chi connectivity index (χ0n) is 17.0. The Balaban J connectivity index is 0.00000256. The summed E-state index contributed by atoms with van der Waals surface area (Å²) in [5, 5.41) is 0. The van der Waals surface area contributed by atoms with Crippen molar-refractivity contribution in [1.82, 2.24) is 4.57 Å². The summed E-state index contributed by atoms with van der Waals surface area (Å²) in [7, 11) is 0. The number of hydrogen-bond acceptors (Lipinski definition) is 1. The van der Waals surface area contributed by atoms with Crippen molar-refractivity contribution in [1.29, 1.82) is 0 Å². The number of imidazole rings is 1. The molecule has 2 heterocycles. The Labute approximate surface area is 179 Å². The molecule has 7 heteroatoms. The summed E-state index contributed by atoms with van der Waals surface area (Å²) in [6, 6.07) is 9.43. The number of ketones is 1. The van der Waals surface area contributed by atoms with Crippen LogP contribution in [0.3, 0.4) is 0 Å². The average molecular weight is 437 g/mol. The fourth-order valence-corrected chi connectivity index (χ4v) is 4.14. The van der Waals surface area contributed by atoms with Crippen molar-refractivity contribution < 1.29 is 34.9 Å². The van der Waals surface area contributed by atoms with E-state index >= 15 is 0 Å². The average Bonchev–Trinajstić information content (AvgIpc) is 2.82. The monoisotopic (exact) mass is 436 g/mol. The van der Waals surface area contributed by atoms with E-state index in [0.29, 0.717) is 11.1 Å². The van der Waals surface area contributed by atoms with Gasteiger partial charge in [-0.1, -0.05) is 12.1 Å². The van der Waals surface area contributed by atoms with Crippen LogP contribution in [-0.4, -0.2) is 10.4 Å². The van der Waals surface area contributed by atoms with Crippen LogP contribution in [0.25, 0.3) is 11.0 Å². The molecule has 1 aromatic heterocycles. The van der Waals surface area contributed by atoms with Gasteiger partial charge in [0.1, 0.15) is 0 Å². The Hall–Kier alpha value is -2.34. The molecule has 0 saturated heterocycles. The molecule has 1 aliphatic rings. The van der Waals surface area contributed by atoms with E-state index in [2.05, 4.69) is 4.57 Å². The van der Waals surface area contributed by atoms with E-state index in [1.807, 2.05) is 26.0 Å². The third-order valence-electron chi connectivity index (χ3n) is 5.92. The normalized spacial score (nSPS) is 14.2. The van der Waals surface area contributed by atoms with E-state index in [-0.39, 0.29) is 24.7 Å². The van der Waals surface area contributed by atoms with E-state index in [1.165, 1.54) is 6.07 Å². The van der Waals surface area contributed by atoms with Crippen LogP contribution in [0, 0.1) is 13.8 Å². The first-order valence-electron chi connectivity index (χ1n) is 9.98. The predicted octanol–water partition coefficient (Wildman–Crippen LogP) is 2.18. The van der Waals surface area contributed by atoms with Crippen molar-refractivity contribution in [3.8, 4) is 0 Å². The van der Waals surface area contributed by atoms with Gasteiger partial charge in [0.2, 0.25) is 5.78 Å². The molecule has 30 heavy (non-hydrogen) atoms. The topological polar surface area (TPSA) is 25.9 Å². The number of hydrogen-bond donors (Lipinski definition) is 0. The number of carbonyl (C=O) groups is 1. The van der Waals surface area contributed by atoms with E-state index in [9.17, 15) is 18.0 Å². The van der Waals surface area contributed by atoms with Crippen molar-refractivity contribution in [2.24, 2.45) is 0 Å². The summed E-state index contributed by atoms with van der Waals surface area (Å²) in [5.41, 5.74) is 3.29. The number of Topliss-reactive ketones (excluding diaryl/α,β-unsaturated/α-hetero) is 1. The van der Waals surface area contributed by atoms with Crippen LogP contribution < -0.4 is 17.0 Å². The fraction of sp³-hybridized carbons (Fsp3) is 0.391. The molecule has 3 aromatic rings. The summed E-state index contributed by atoms with van der Waals surface area (Å²) < 4.78 is 43.9. The zero-order valence-corrected chi connectivity index (χ0v) is 17.8. The molecule has 0 N–H and O–H groups in total. The molecule has 160 valence electrons. The summed E-state index contributed by atoms with van der Waals surface area (Å²) in [6.45, 7) is 4.75. The number of carbonyl (C=O) groups excluding carboxylic acids is 1. The van der Waals surface area contributed by atoms with Gasteiger partial charge in [-0.15, -0.1) is 0 Å². The maximum Gasteiger partial charge on any atom is 0.416 e. The van der Waals surface area contributed by atoms with Crippen molar-refractivity contribution in [3.05, 3.63) is 64.5 Å². The minimum Gasteiger partial charge on any atom is -1.00 e. The third kappa shape index (κ3) is 4.10. The maximum atomic E-state index is 13.3.